The first kappa shape index (κ1) is 13.4. The third-order valence-corrected chi connectivity index (χ3v) is 3.77. The summed E-state index contributed by atoms with van der Waals surface area (Å²) in [5.41, 5.74) is 3.82. The number of hydrogen-bond acceptors (Lipinski definition) is 1. The predicted molar refractivity (Wildman–Crippen MR) is 83.8 cm³/mol. The number of aryl methyl sites for hydroxylation is 1. The highest BCUT2D eigenvalue weighted by Gasteiger charge is 2.06. The van der Waals surface area contributed by atoms with Crippen molar-refractivity contribution in [2.45, 2.75) is 19.9 Å². The molecule has 0 fully saturated rings. The van der Waals surface area contributed by atoms with Crippen LogP contribution < -0.4 is 0 Å². The lowest BCUT2D eigenvalue weighted by Crippen LogP contribution is -2.01. The summed E-state index contributed by atoms with van der Waals surface area (Å²) in [5.74, 6) is -0.887. The zero-order valence-corrected chi connectivity index (χ0v) is 11.9. The molecule has 3 aromatic rings. The fourth-order valence-corrected chi connectivity index (χ4v) is 2.61. The van der Waals surface area contributed by atoms with E-state index in [2.05, 4.69) is 42.0 Å². The Kier molecular flexibility index (Phi) is 3.48. The minimum absolute atomic E-state index is 0.331. The van der Waals surface area contributed by atoms with E-state index < -0.39 is 5.97 Å². The molecule has 0 unspecified atom stereocenters. The molecule has 0 atom stereocenters. The summed E-state index contributed by atoms with van der Waals surface area (Å²) >= 11 is 0. The second-order valence-electron chi connectivity index (χ2n) is 5.20. The SMILES string of the molecule is CCc1ccc2c(ccn2Cc2cccc(C(=O)O)c2)c1. The van der Waals surface area contributed by atoms with Crippen LogP contribution in [0.5, 0.6) is 0 Å². The summed E-state index contributed by atoms with van der Waals surface area (Å²) in [5, 5.41) is 10.3. The van der Waals surface area contributed by atoms with Crippen LogP contribution in [0.1, 0.15) is 28.4 Å². The molecule has 0 amide bonds. The second kappa shape index (κ2) is 5.44. The van der Waals surface area contributed by atoms with Crippen LogP contribution in [0.3, 0.4) is 0 Å². The zero-order chi connectivity index (χ0) is 14.8. The van der Waals surface area contributed by atoms with E-state index in [0.717, 1.165) is 12.0 Å². The molecule has 3 nitrogen and oxygen atoms in total. The van der Waals surface area contributed by atoms with Crippen molar-refractivity contribution in [3.05, 3.63) is 71.4 Å². The van der Waals surface area contributed by atoms with Gasteiger partial charge in [0.1, 0.15) is 0 Å². The third kappa shape index (κ3) is 2.68. The Morgan fingerprint density at radius 2 is 1.95 bits per heavy atom. The number of carboxylic acid groups (broad SMARTS) is 1. The van der Waals surface area contributed by atoms with E-state index in [1.165, 1.54) is 16.5 Å². The Morgan fingerprint density at radius 1 is 1.10 bits per heavy atom. The number of carboxylic acids is 1. The number of benzene rings is 2. The molecular formula is C18H17NO2. The van der Waals surface area contributed by atoms with Gasteiger partial charge in [-0.05, 0) is 53.3 Å². The van der Waals surface area contributed by atoms with Gasteiger partial charge >= 0.3 is 5.97 Å². The Hall–Kier alpha value is -2.55. The van der Waals surface area contributed by atoms with Gasteiger partial charge in [0.25, 0.3) is 0 Å². The van der Waals surface area contributed by atoms with E-state index in [1.807, 2.05) is 6.07 Å². The minimum Gasteiger partial charge on any atom is -0.478 e. The fourth-order valence-electron chi connectivity index (χ4n) is 2.61. The van der Waals surface area contributed by atoms with E-state index in [0.29, 0.717) is 12.1 Å². The maximum atomic E-state index is 11.0. The van der Waals surface area contributed by atoms with Crippen molar-refractivity contribution in [3.8, 4) is 0 Å². The van der Waals surface area contributed by atoms with Crippen molar-refractivity contribution < 1.29 is 9.90 Å². The summed E-state index contributed by atoms with van der Waals surface area (Å²) in [6.45, 7) is 2.83. The van der Waals surface area contributed by atoms with Crippen LogP contribution in [-0.4, -0.2) is 15.6 Å². The smallest absolute Gasteiger partial charge is 0.335 e. The van der Waals surface area contributed by atoms with Crippen molar-refractivity contribution in [1.29, 1.82) is 0 Å². The van der Waals surface area contributed by atoms with Gasteiger partial charge < -0.3 is 9.67 Å². The lowest BCUT2D eigenvalue weighted by Gasteiger charge is -2.07. The molecule has 0 radical (unpaired) electrons. The van der Waals surface area contributed by atoms with Crippen LogP contribution in [-0.2, 0) is 13.0 Å². The Bertz CT molecular complexity index is 802. The number of fused-ring (bicyclic) bond motifs is 1. The molecule has 21 heavy (non-hydrogen) atoms. The number of aromatic carboxylic acids is 1. The van der Waals surface area contributed by atoms with Crippen LogP contribution >= 0.6 is 0 Å². The van der Waals surface area contributed by atoms with Crippen molar-refractivity contribution in [1.82, 2.24) is 4.57 Å². The van der Waals surface area contributed by atoms with Crippen LogP contribution in [0.4, 0.5) is 0 Å². The Morgan fingerprint density at radius 3 is 2.71 bits per heavy atom. The van der Waals surface area contributed by atoms with Gasteiger partial charge in [0.15, 0.2) is 0 Å². The topological polar surface area (TPSA) is 42.2 Å². The van der Waals surface area contributed by atoms with Crippen LogP contribution in [0, 0.1) is 0 Å². The molecule has 0 aliphatic heterocycles. The number of nitrogens with zero attached hydrogens (tertiary/aromatic N) is 1. The molecule has 0 aliphatic rings. The van der Waals surface area contributed by atoms with Gasteiger partial charge in [-0.25, -0.2) is 4.79 Å². The van der Waals surface area contributed by atoms with Crippen molar-refractivity contribution in [2.75, 3.05) is 0 Å². The summed E-state index contributed by atoms with van der Waals surface area (Å²) in [7, 11) is 0. The molecule has 0 bridgehead atoms. The molecule has 1 N–H and O–H groups in total. The highest BCUT2D eigenvalue weighted by atomic mass is 16.4. The summed E-state index contributed by atoms with van der Waals surface area (Å²) in [6, 6.07) is 15.7. The molecule has 1 heterocycles. The summed E-state index contributed by atoms with van der Waals surface area (Å²) in [4.78, 5) is 11.0. The number of hydrogen-bond donors (Lipinski definition) is 1. The molecule has 0 saturated carbocycles. The largest absolute Gasteiger partial charge is 0.478 e. The fraction of sp³-hybridized carbons (Fsp3) is 0.167. The van der Waals surface area contributed by atoms with Crippen molar-refractivity contribution >= 4 is 16.9 Å². The molecule has 0 aliphatic carbocycles. The van der Waals surface area contributed by atoms with Gasteiger partial charge in [0.05, 0.1) is 5.56 Å². The lowest BCUT2D eigenvalue weighted by atomic mass is 10.1. The quantitative estimate of drug-likeness (QED) is 0.785. The molecule has 3 rings (SSSR count). The molecule has 1 aromatic heterocycles. The van der Waals surface area contributed by atoms with Gasteiger partial charge in [-0.1, -0.05) is 25.1 Å². The van der Waals surface area contributed by atoms with Crippen molar-refractivity contribution in [3.63, 3.8) is 0 Å². The molecule has 106 valence electrons. The van der Waals surface area contributed by atoms with E-state index in [9.17, 15) is 4.79 Å². The van der Waals surface area contributed by atoms with E-state index in [4.69, 9.17) is 5.11 Å². The predicted octanol–water partition coefficient (Wildman–Crippen LogP) is 3.95. The molecule has 0 saturated heterocycles. The van der Waals surface area contributed by atoms with Gasteiger partial charge in [-0.3, -0.25) is 0 Å². The average molecular weight is 279 g/mol. The van der Waals surface area contributed by atoms with E-state index >= 15 is 0 Å². The normalized spacial score (nSPS) is 10.9. The Labute approximate surface area is 123 Å². The lowest BCUT2D eigenvalue weighted by molar-refractivity contribution is 0.0696. The minimum atomic E-state index is -0.887. The first-order chi connectivity index (χ1) is 10.2. The van der Waals surface area contributed by atoms with E-state index in [-0.39, 0.29) is 0 Å². The zero-order valence-electron chi connectivity index (χ0n) is 11.9. The average Bonchev–Trinajstić information content (AvgIpc) is 2.89. The number of rotatable bonds is 4. The first-order valence-electron chi connectivity index (χ1n) is 7.07. The number of aromatic nitrogens is 1. The second-order valence-corrected chi connectivity index (χ2v) is 5.20. The highest BCUT2D eigenvalue weighted by Crippen LogP contribution is 2.19. The third-order valence-electron chi connectivity index (χ3n) is 3.77. The standard InChI is InChI=1S/C18H17NO2/c1-2-13-6-7-17-15(10-13)8-9-19(17)12-14-4-3-5-16(11-14)18(20)21/h3-11H,2,12H2,1H3,(H,20,21). The molecule has 2 aromatic carbocycles. The Balaban J connectivity index is 1.95. The van der Waals surface area contributed by atoms with Gasteiger partial charge in [-0.15, -0.1) is 0 Å². The van der Waals surface area contributed by atoms with Crippen LogP contribution in [0.2, 0.25) is 0 Å². The van der Waals surface area contributed by atoms with Crippen LogP contribution in [0.15, 0.2) is 54.7 Å². The summed E-state index contributed by atoms with van der Waals surface area (Å²) in [6.07, 6.45) is 3.08. The van der Waals surface area contributed by atoms with Crippen molar-refractivity contribution in [2.24, 2.45) is 0 Å². The molecule has 0 spiro atoms. The van der Waals surface area contributed by atoms with Gasteiger partial charge in [0, 0.05) is 18.3 Å². The maximum Gasteiger partial charge on any atom is 0.335 e. The van der Waals surface area contributed by atoms with Crippen LogP contribution in [0.25, 0.3) is 10.9 Å². The number of carbonyl (C=O) groups is 1. The monoisotopic (exact) mass is 279 g/mol. The van der Waals surface area contributed by atoms with E-state index in [1.54, 1.807) is 18.2 Å². The first-order valence-corrected chi connectivity index (χ1v) is 7.07. The molecule has 3 heteroatoms. The van der Waals surface area contributed by atoms with Gasteiger partial charge in [-0.2, -0.15) is 0 Å². The molecular weight excluding hydrogens is 262 g/mol. The highest BCUT2D eigenvalue weighted by molar-refractivity contribution is 5.87. The maximum absolute atomic E-state index is 11.0. The summed E-state index contributed by atoms with van der Waals surface area (Å²) < 4.78 is 2.15. The van der Waals surface area contributed by atoms with Gasteiger partial charge in [0.2, 0.25) is 0 Å².